The third-order valence-corrected chi connectivity index (χ3v) is 5.11. The van der Waals surface area contributed by atoms with E-state index >= 15 is 0 Å². The number of fused-ring (bicyclic) bond motifs is 1. The quantitative estimate of drug-likeness (QED) is 0.681. The molecule has 1 amide bonds. The summed E-state index contributed by atoms with van der Waals surface area (Å²) < 4.78 is 5.88. The molecule has 7 heteroatoms. The highest BCUT2D eigenvalue weighted by Crippen LogP contribution is 2.22. The van der Waals surface area contributed by atoms with Crippen LogP contribution in [0, 0.1) is 6.92 Å². The van der Waals surface area contributed by atoms with Gasteiger partial charge in [-0.1, -0.05) is 27.3 Å². The first-order valence-corrected chi connectivity index (χ1v) is 9.06. The first-order chi connectivity index (χ1) is 11.0. The van der Waals surface area contributed by atoms with Crippen molar-refractivity contribution in [2.45, 2.75) is 33.9 Å². The van der Waals surface area contributed by atoms with Gasteiger partial charge < -0.3 is 4.57 Å². The molecule has 2 aromatic heterocycles. The highest BCUT2D eigenvalue weighted by Gasteiger charge is 2.13. The summed E-state index contributed by atoms with van der Waals surface area (Å²) in [4.78, 5) is 17.6. The number of hydrogen-bond donors (Lipinski definition) is 0. The fourth-order valence-corrected chi connectivity index (χ4v) is 4.19. The molecule has 0 unspecified atom stereocenters. The topological polar surface area (TPSA) is 52.2 Å². The largest absolute Gasteiger partial charge is 0.317 e. The summed E-state index contributed by atoms with van der Waals surface area (Å²) in [7, 11) is 0. The summed E-state index contributed by atoms with van der Waals surface area (Å²) in [5.74, 6) is -0.250. The van der Waals surface area contributed by atoms with Crippen LogP contribution in [-0.2, 0) is 13.1 Å². The molecular weight excluding hydrogens is 376 g/mol. The lowest BCUT2D eigenvalue weighted by atomic mass is 10.3. The van der Waals surface area contributed by atoms with E-state index in [1.807, 2.05) is 26.0 Å². The number of benzene rings is 1. The van der Waals surface area contributed by atoms with E-state index in [0.29, 0.717) is 17.0 Å². The molecule has 5 nitrogen and oxygen atoms in total. The third-order valence-electron chi connectivity index (χ3n) is 3.58. The lowest BCUT2D eigenvalue weighted by Gasteiger charge is -2.01. The number of aryl methyl sites for hydroxylation is 3. The van der Waals surface area contributed by atoms with Gasteiger partial charge in [0.25, 0.3) is 5.91 Å². The predicted octanol–water partition coefficient (Wildman–Crippen LogP) is 3.75. The molecule has 0 fully saturated rings. The van der Waals surface area contributed by atoms with Gasteiger partial charge in [-0.15, -0.1) is 0 Å². The molecule has 3 aromatic rings. The molecule has 0 atom stereocenters. The van der Waals surface area contributed by atoms with Crippen LogP contribution in [0.25, 0.3) is 10.2 Å². The van der Waals surface area contributed by atoms with Gasteiger partial charge >= 0.3 is 0 Å². The van der Waals surface area contributed by atoms with Crippen LogP contribution in [0.2, 0.25) is 0 Å². The van der Waals surface area contributed by atoms with E-state index in [-0.39, 0.29) is 5.91 Å². The van der Waals surface area contributed by atoms with Crippen LogP contribution in [0.3, 0.4) is 0 Å². The number of rotatable bonds is 3. The minimum Gasteiger partial charge on any atom is -0.317 e. The Morgan fingerprint density at radius 1 is 1.30 bits per heavy atom. The van der Waals surface area contributed by atoms with E-state index in [1.165, 1.54) is 11.3 Å². The summed E-state index contributed by atoms with van der Waals surface area (Å²) in [6, 6.07) is 7.89. The Bertz CT molecular complexity index is 951. The summed E-state index contributed by atoms with van der Waals surface area (Å²) in [6.45, 7) is 7.31. The number of carbonyl (C=O) groups is 1. The highest BCUT2D eigenvalue weighted by atomic mass is 79.9. The number of amides is 1. The number of thiazole rings is 1. The van der Waals surface area contributed by atoms with Crippen molar-refractivity contribution < 1.29 is 4.79 Å². The van der Waals surface area contributed by atoms with Crippen molar-refractivity contribution >= 4 is 43.4 Å². The van der Waals surface area contributed by atoms with Gasteiger partial charge in [0.2, 0.25) is 0 Å². The smallest absolute Gasteiger partial charge is 0.297 e. The van der Waals surface area contributed by atoms with E-state index in [1.54, 1.807) is 10.7 Å². The number of carbonyl (C=O) groups excluding carboxylic acids is 1. The highest BCUT2D eigenvalue weighted by molar-refractivity contribution is 9.10. The Morgan fingerprint density at radius 3 is 2.78 bits per heavy atom. The molecule has 0 aliphatic heterocycles. The van der Waals surface area contributed by atoms with E-state index in [0.717, 1.165) is 26.9 Å². The molecule has 1 aromatic carbocycles. The molecule has 0 spiro atoms. The maximum atomic E-state index is 12.6. The van der Waals surface area contributed by atoms with Crippen molar-refractivity contribution in [1.29, 1.82) is 0 Å². The maximum Gasteiger partial charge on any atom is 0.297 e. The van der Waals surface area contributed by atoms with E-state index in [9.17, 15) is 4.79 Å². The SMILES string of the molecule is CCn1nc(C)cc1C(=O)N=c1sc2cc(Br)ccc2n1CC. The summed E-state index contributed by atoms with van der Waals surface area (Å²) in [5.41, 5.74) is 2.45. The maximum absolute atomic E-state index is 12.6. The zero-order chi connectivity index (χ0) is 16.6. The minimum absolute atomic E-state index is 0.250. The first kappa shape index (κ1) is 16.1. The fraction of sp³-hybridized carbons (Fsp3) is 0.312. The molecule has 0 saturated heterocycles. The average Bonchev–Trinajstić information content (AvgIpc) is 3.06. The normalized spacial score (nSPS) is 12.3. The van der Waals surface area contributed by atoms with Gasteiger partial charge in [-0.2, -0.15) is 10.1 Å². The van der Waals surface area contributed by atoms with Gasteiger partial charge in [-0.05, 0) is 45.0 Å². The van der Waals surface area contributed by atoms with Gasteiger partial charge in [0.15, 0.2) is 4.80 Å². The minimum atomic E-state index is -0.250. The van der Waals surface area contributed by atoms with E-state index < -0.39 is 0 Å². The number of hydrogen-bond acceptors (Lipinski definition) is 3. The molecule has 0 bridgehead atoms. The Balaban J connectivity index is 2.15. The lowest BCUT2D eigenvalue weighted by Crippen LogP contribution is -2.17. The van der Waals surface area contributed by atoms with Gasteiger partial charge in [0.1, 0.15) is 5.69 Å². The van der Waals surface area contributed by atoms with E-state index in [2.05, 4.69) is 43.6 Å². The molecule has 0 radical (unpaired) electrons. The Kier molecular flexibility index (Phi) is 4.50. The predicted molar refractivity (Wildman–Crippen MR) is 95.7 cm³/mol. The first-order valence-electron chi connectivity index (χ1n) is 7.46. The van der Waals surface area contributed by atoms with Crippen LogP contribution in [0.5, 0.6) is 0 Å². The second-order valence-electron chi connectivity index (χ2n) is 5.14. The van der Waals surface area contributed by atoms with Crippen molar-refractivity contribution in [3.63, 3.8) is 0 Å². The van der Waals surface area contributed by atoms with Crippen LogP contribution in [0.15, 0.2) is 33.7 Å². The van der Waals surface area contributed by atoms with Crippen molar-refractivity contribution in [2.24, 2.45) is 4.99 Å². The Morgan fingerprint density at radius 2 is 2.09 bits per heavy atom. The van der Waals surface area contributed by atoms with Crippen LogP contribution in [0.4, 0.5) is 0 Å². The van der Waals surface area contributed by atoms with Gasteiger partial charge in [0, 0.05) is 17.6 Å². The van der Waals surface area contributed by atoms with Crippen molar-refractivity contribution in [3.05, 3.63) is 44.9 Å². The van der Waals surface area contributed by atoms with Crippen molar-refractivity contribution in [3.8, 4) is 0 Å². The fourth-order valence-electron chi connectivity index (χ4n) is 2.54. The molecule has 0 N–H and O–H groups in total. The van der Waals surface area contributed by atoms with Crippen LogP contribution < -0.4 is 4.80 Å². The van der Waals surface area contributed by atoms with Crippen LogP contribution in [0.1, 0.15) is 30.0 Å². The lowest BCUT2D eigenvalue weighted by molar-refractivity contribution is 0.0987. The number of nitrogens with zero attached hydrogens (tertiary/aromatic N) is 4. The number of halogens is 1. The summed E-state index contributed by atoms with van der Waals surface area (Å²) in [5, 5.41) is 4.31. The Labute approximate surface area is 146 Å². The molecule has 23 heavy (non-hydrogen) atoms. The zero-order valence-electron chi connectivity index (χ0n) is 13.2. The monoisotopic (exact) mass is 392 g/mol. The second kappa shape index (κ2) is 6.41. The second-order valence-corrected chi connectivity index (χ2v) is 7.07. The van der Waals surface area contributed by atoms with Crippen LogP contribution in [-0.4, -0.2) is 20.3 Å². The van der Waals surface area contributed by atoms with Crippen LogP contribution >= 0.6 is 27.3 Å². The van der Waals surface area contributed by atoms with Crippen molar-refractivity contribution in [1.82, 2.24) is 14.3 Å². The molecule has 0 aliphatic carbocycles. The van der Waals surface area contributed by atoms with Gasteiger partial charge in [0.05, 0.1) is 15.9 Å². The number of aromatic nitrogens is 3. The third kappa shape index (κ3) is 3.03. The Hall–Kier alpha value is -1.73. The standard InChI is InChI=1S/C16H17BrN4OS/c1-4-20-12-7-6-11(17)9-14(12)23-16(20)18-15(22)13-8-10(3)19-21(13)5-2/h6-9H,4-5H2,1-3H3. The molecule has 3 rings (SSSR count). The molecular formula is C16H17BrN4OS. The summed E-state index contributed by atoms with van der Waals surface area (Å²) >= 11 is 5.01. The molecule has 2 heterocycles. The molecule has 120 valence electrons. The average molecular weight is 393 g/mol. The molecule has 0 saturated carbocycles. The molecule has 0 aliphatic rings. The van der Waals surface area contributed by atoms with E-state index in [4.69, 9.17) is 0 Å². The van der Waals surface area contributed by atoms with Gasteiger partial charge in [-0.3, -0.25) is 9.48 Å². The van der Waals surface area contributed by atoms with Gasteiger partial charge in [-0.25, -0.2) is 0 Å². The summed E-state index contributed by atoms with van der Waals surface area (Å²) in [6.07, 6.45) is 0. The van der Waals surface area contributed by atoms with Crippen molar-refractivity contribution in [2.75, 3.05) is 0 Å². The zero-order valence-corrected chi connectivity index (χ0v) is 15.6.